The minimum absolute atomic E-state index is 0.00267. The van der Waals surface area contributed by atoms with E-state index in [4.69, 9.17) is 0 Å². The molecule has 0 bridgehead atoms. The molecule has 0 spiro atoms. The first-order valence-electron chi connectivity index (χ1n) is 10.0. The van der Waals surface area contributed by atoms with Gasteiger partial charge in [-0.3, -0.25) is 0 Å². The lowest BCUT2D eigenvalue weighted by Gasteiger charge is -2.33. The summed E-state index contributed by atoms with van der Waals surface area (Å²) in [4.78, 5) is 14.9. The van der Waals surface area contributed by atoms with Crippen LogP contribution in [0.2, 0.25) is 0 Å². The summed E-state index contributed by atoms with van der Waals surface area (Å²) in [6.07, 6.45) is 3.26. The Bertz CT molecular complexity index is 769. The molecule has 2 aromatic carbocycles. The van der Waals surface area contributed by atoms with Crippen LogP contribution in [0.25, 0.3) is 0 Å². The van der Waals surface area contributed by atoms with E-state index in [1.165, 1.54) is 11.1 Å². The molecule has 1 fully saturated rings. The van der Waals surface area contributed by atoms with Crippen molar-refractivity contribution in [2.24, 2.45) is 5.92 Å². The van der Waals surface area contributed by atoms with Gasteiger partial charge in [-0.25, -0.2) is 4.79 Å². The summed E-state index contributed by atoms with van der Waals surface area (Å²) in [7, 11) is 0. The predicted octanol–water partition coefficient (Wildman–Crippen LogP) is 5.78. The number of piperidine rings is 1. The molecule has 0 aliphatic carbocycles. The van der Waals surface area contributed by atoms with E-state index in [0.29, 0.717) is 5.92 Å². The predicted molar refractivity (Wildman–Crippen MR) is 113 cm³/mol. The van der Waals surface area contributed by atoms with Gasteiger partial charge in [0.2, 0.25) is 0 Å². The van der Waals surface area contributed by atoms with Gasteiger partial charge in [-0.1, -0.05) is 69.3 Å². The van der Waals surface area contributed by atoms with Gasteiger partial charge in [-0.05, 0) is 54.2 Å². The number of rotatable bonds is 3. The summed E-state index contributed by atoms with van der Waals surface area (Å²) in [5, 5.41) is 3.21. The van der Waals surface area contributed by atoms with Crippen LogP contribution < -0.4 is 5.32 Å². The minimum Gasteiger partial charge on any atom is -0.325 e. The molecule has 3 nitrogen and oxygen atoms in total. The molecule has 144 valence electrons. The Balaban J connectivity index is 1.61. The first-order chi connectivity index (χ1) is 12.8. The van der Waals surface area contributed by atoms with Gasteiger partial charge in [-0.2, -0.15) is 0 Å². The lowest BCUT2D eigenvalue weighted by molar-refractivity contribution is 0.182. The van der Waals surface area contributed by atoms with Crippen molar-refractivity contribution in [3.05, 3.63) is 65.2 Å². The molecule has 0 aromatic heterocycles. The molecule has 0 radical (unpaired) electrons. The second-order valence-electron chi connectivity index (χ2n) is 8.80. The lowest BCUT2D eigenvalue weighted by atomic mass is 9.84. The summed E-state index contributed by atoms with van der Waals surface area (Å²) >= 11 is 0. The van der Waals surface area contributed by atoms with Crippen molar-refractivity contribution in [3.8, 4) is 0 Å². The normalized spacial score (nSPS) is 15.6. The standard InChI is InChI=1S/C24H32N2O/c1-18-9-8-12-21(24(2,3)4)22(18)25-23(27)26-15-13-20(14-16-26)17-19-10-6-5-7-11-19/h5-12,20H,13-17H2,1-4H3,(H,25,27). The number of para-hydroxylation sites is 1. The van der Waals surface area contributed by atoms with Crippen molar-refractivity contribution in [2.45, 2.75) is 52.4 Å². The van der Waals surface area contributed by atoms with Crippen molar-refractivity contribution in [1.29, 1.82) is 0 Å². The first-order valence-corrected chi connectivity index (χ1v) is 10.0. The SMILES string of the molecule is Cc1cccc(C(C)(C)C)c1NC(=O)N1CCC(Cc2ccccc2)CC1. The third kappa shape index (κ3) is 4.91. The number of benzene rings is 2. The van der Waals surface area contributed by atoms with Gasteiger partial charge in [0.25, 0.3) is 0 Å². The second-order valence-corrected chi connectivity index (χ2v) is 8.80. The van der Waals surface area contributed by atoms with Gasteiger partial charge in [0.15, 0.2) is 0 Å². The average molecular weight is 365 g/mol. The number of nitrogens with one attached hydrogen (secondary N) is 1. The molecule has 1 saturated heterocycles. The second kappa shape index (κ2) is 8.16. The Morgan fingerprint density at radius 2 is 1.70 bits per heavy atom. The quantitative estimate of drug-likeness (QED) is 0.736. The van der Waals surface area contributed by atoms with Crippen LogP contribution in [0.3, 0.4) is 0 Å². The maximum atomic E-state index is 12.9. The van der Waals surface area contributed by atoms with Crippen LogP contribution >= 0.6 is 0 Å². The fourth-order valence-electron chi connectivity index (χ4n) is 3.93. The largest absolute Gasteiger partial charge is 0.325 e. The van der Waals surface area contributed by atoms with Crippen LogP contribution in [0.4, 0.5) is 10.5 Å². The molecular formula is C24H32N2O. The van der Waals surface area contributed by atoms with Crippen LogP contribution in [0.5, 0.6) is 0 Å². The number of carbonyl (C=O) groups excluding carboxylic acids is 1. The Hall–Kier alpha value is -2.29. The number of aryl methyl sites for hydroxylation is 1. The minimum atomic E-state index is -0.00267. The molecule has 1 aliphatic heterocycles. The summed E-state index contributed by atoms with van der Waals surface area (Å²) < 4.78 is 0. The third-order valence-electron chi connectivity index (χ3n) is 5.58. The molecule has 1 aliphatic rings. The zero-order chi connectivity index (χ0) is 19.4. The van der Waals surface area contributed by atoms with Gasteiger partial charge in [0, 0.05) is 18.8 Å². The highest BCUT2D eigenvalue weighted by atomic mass is 16.2. The van der Waals surface area contributed by atoms with Gasteiger partial charge >= 0.3 is 6.03 Å². The highest BCUT2D eigenvalue weighted by Gasteiger charge is 2.25. The van der Waals surface area contributed by atoms with Crippen LogP contribution in [-0.4, -0.2) is 24.0 Å². The smallest absolute Gasteiger partial charge is 0.321 e. The summed E-state index contributed by atoms with van der Waals surface area (Å²) in [6, 6.07) is 17.0. The Morgan fingerprint density at radius 1 is 1.04 bits per heavy atom. The van der Waals surface area contributed by atoms with E-state index in [1.54, 1.807) is 0 Å². The molecule has 0 atom stereocenters. The number of nitrogens with zero attached hydrogens (tertiary/aromatic N) is 1. The van der Waals surface area contributed by atoms with E-state index in [1.807, 2.05) is 4.90 Å². The number of hydrogen-bond donors (Lipinski definition) is 1. The lowest BCUT2D eigenvalue weighted by Crippen LogP contribution is -2.41. The monoisotopic (exact) mass is 364 g/mol. The highest BCUT2D eigenvalue weighted by Crippen LogP contribution is 2.32. The summed E-state index contributed by atoms with van der Waals surface area (Å²) in [5.41, 5.74) is 4.68. The van der Waals surface area contributed by atoms with Crippen molar-refractivity contribution in [2.75, 3.05) is 18.4 Å². The van der Waals surface area contributed by atoms with E-state index < -0.39 is 0 Å². The number of amides is 2. The topological polar surface area (TPSA) is 32.3 Å². The van der Waals surface area contributed by atoms with Crippen LogP contribution in [0.1, 0.15) is 50.3 Å². The van der Waals surface area contributed by atoms with E-state index >= 15 is 0 Å². The molecule has 3 heteroatoms. The molecular weight excluding hydrogens is 332 g/mol. The van der Waals surface area contributed by atoms with E-state index in [9.17, 15) is 4.79 Å². The van der Waals surface area contributed by atoms with Gasteiger partial charge < -0.3 is 10.2 Å². The zero-order valence-corrected chi connectivity index (χ0v) is 17.1. The van der Waals surface area contributed by atoms with E-state index in [2.05, 4.69) is 81.5 Å². The molecule has 0 unspecified atom stereocenters. The maximum Gasteiger partial charge on any atom is 0.321 e. The number of anilines is 1. The Morgan fingerprint density at radius 3 is 2.33 bits per heavy atom. The molecule has 2 amide bonds. The van der Waals surface area contributed by atoms with E-state index in [0.717, 1.165) is 43.6 Å². The van der Waals surface area contributed by atoms with E-state index in [-0.39, 0.29) is 11.4 Å². The van der Waals surface area contributed by atoms with Crippen LogP contribution in [0.15, 0.2) is 48.5 Å². The third-order valence-corrected chi connectivity index (χ3v) is 5.58. The van der Waals surface area contributed by atoms with Crippen molar-refractivity contribution >= 4 is 11.7 Å². The van der Waals surface area contributed by atoms with Gasteiger partial charge in [0.1, 0.15) is 0 Å². The highest BCUT2D eigenvalue weighted by molar-refractivity contribution is 5.91. The average Bonchev–Trinajstić information content (AvgIpc) is 2.64. The summed E-state index contributed by atoms with van der Waals surface area (Å²) in [5.74, 6) is 0.667. The number of likely N-dealkylation sites (tertiary alicyclic amines) is 1. The van der Waals surface area contributed by atoms with Crippen molar-refractivity contribution in [1.82, 2.24) is 4.90 Å². The zero-order valence-electron chi connectivity index (χ0n) is 17.1. The number of urea groups is 1. The van der Waals surface area contributed by atoms with Crippen molar-refractivity contribution < 1.29 is 4.79 Å². The maximum absolute atomic E-state index is 12.9. The van der Waals surface area contributed by atoms with Crippen LogP contribution in [-0.2, 0) is 11.8 Å². The Kier molecular flexibility index (Phi) is 5.88. The number of carbonyl (C=O) groups is 1. The molecule has 0 saturated carbocycles. The molecule has 27 heavy (non-hydrogen) atoms. The molecule has 1 heterocycles. The molecule has 1 N–H and O–H groups in total. The summed E-state index contributed by atoms with van der Waals surface area (Å²) in [6.45, 7) is 10.3. The van der Waals surface area contributed by atoms with Gasteiger partial charge in [0.05, 0.1) is 0 Å². The fraction of sp³-hybridized carbons (Fsp3) is 0.458. The molecule has 2 aromatic rings. The number of hydrogen-bond acceptors (Lipinski definition) is 1. The Labute approximate surface area is 163 Å². The fourth-order valence-corrected chi connectivity index (χ4v) is 3.93. The van der Waals surface area contributed by atoms with Crippen LogP contribution in [0, 0.1) is 12.8 Å². The van der Waals surface area contributed by atoms with Gasteiger partial charge in [-0.15, -0.1) is 0 Å². The first kappa shape index (κ1) is 19.5. The van der Waals surface area contributed by atoms with Crippen molar-refractivity contribution in [3.63, 3.8) is 0 Å². The molecule has 3 rings (SSSR count).